The van der Waals surface area contributed by atoms with Crippen LogP contribution in [-0.4, -0.2) is 37.6 Å². The van der Waals surface area contributed by atoms with Gasteiger partial charge in [0.2, 0.25) is 0 Å². The maximum Gasteiger partial charge on any atom is 0.337 e. The number of aromatic nitrogens is 1. The maximum atomic E-state index is 13.0. The van der Waals surface area contributed by atoms with Crippen molar-refractivity contribution in [3.63, 3.8) is 0 Å². The average Bonchev–Trinajstić information content (AvgIpc) is 3.39. The molecule has 28 heavy (non-hydrogen) atoms. The van der Waals surface area contributed by atoms with Crippen LogP contribution in [0.2, 0.25) is 0 Å². The molecule has 0 fully saturated rings. The van der Waals surface area contributed by atoms with Gasteiger partial charge in [-0.2, -0.15) is 0 Å². The molecule has 0 saturated carbocycles. The van der Waals surface area contributed by atoms with Gasteiger partial charge in [0.05, 0.1) is 19.8 Å². The van der Waals surface area contributed by atoms with Gasteiger partial charge in [-0.1, -0.05) is 0 Å². The largest absolute Gasteiger partial charge is 0.497 e. The molecule has 2 aromatic carbocycles. The molecule has 0 aliphatic carbocycles. The van der Waals surface area contributed by atoms with Crippen molar-refractivity contribution in [2.75, 3.05) is 25.7 Å². The van der Waals surface area contributed by atoms with Crippen molar-refractivity contribution in [1.29, 1.82) is 0 Å². The van der Waals surface area contributed by atoms with Crippen molar-refractivity contribution in [1.82, 2.24) is 4.98 Å². The number of carbonyl (C=O) groups is 2. The average molecular weight is 394 g/mol. The Hall–Kier alpha value is -3.19. The first kappa shape index (κ1) is 18.2. The third kappa shape index (κ3) is 3.25. The molecule has 0 saturated heterocycles. The number of hydrogen-bond acceptors (Lipinski definition) is 6. The van der Waals surface area contributed by atoms with Crippen LogP contribution in [0.25, 0.3) is 10.6 Å². The number of benzene rings is 2. The monoisotopic (exact) mass is 394 g/mol. The maximum absolute atomic E-state index is 13.0. The SMILES string of the molecule is COC(=O)c1ccc2c(c1)CCN2C(=O)c1csc(-c2ccc(OC)cc2)n1. The van der Waals surface area contributed by atoms with Crippen LogP contribution < -0.4 is 9.64 Å². The Morgan fingerprint density at radius 1 is 1.11 bits per heavy atom. The molecule has 7 heteroatoms. The molecular formula is C21H18N2O4S. The predicted molar refractivity (Wildman–Crippen MR) is 107 cm³/mol. The first-order valence-corrected chi connectivity index (χ1v) is 9.61. The lowest BCUT2D eigenvalue weighted by atomic mass is 10.1. The lowest BCUT2D eigenvalue weighted by Crippen LogP contribution is -2.29. The van der Waals surface area contributed by atoms with Gasteiger partial charge in [-0.3, -0.25) is 4.79 Å². The molecule has 2 heterocycles. The van der Waals surface area contributed by atoms with E-state index in [2.05, 4.69) is 4.98 Å². The fourth-order valence-corrected chi connectivity index (χ4v) is 4.03. The highest BCUT2D eigenvalue weighted by Gasteiger charge is 2.28. The highest BCUT2D eigenvalue weighted by molar-refractivity contribution is 7.13. The first-order valence-electron chi connectivity index (χ1n) is 8.74. The number of thiazole rings is 1. The van der Waals surface area contributed by atoms with Crippen LogP contribution in [0, 0.1) is 0 Å². The van der Waals surface area contributed by atoms with E-state index in [0.717, 1.165) is 27.6 Å². The summed E-state index contributed by atoms with van der Waals surface area (Å²) in [5.41, 5.74) is 3.62. The zero-order chi connectivity index (χ0) is 19.7. The van der Waals surface area contributed by atoms with Gasteiger partial charge in [-0.05, 0) is 54.4 Å². The number of amides is 1. The Labute approximate surface area is 166 Å². The second kappa shape index (κ2) is 7.44. The van der Waals surface area contributed by atoms with Crippen molar-refractivity contribution in [2.45, 2.75) is 6.42 Å². The summed E-state index contributed by atoms with van der Waals surface area (Å²) in [5.74, 6) is 0.258. The van der Waals surface area contributed by atoms with Crippen LogP contribution in [0.5, 0.6) is 5.75 Å². The minimum Gasteiger partial charge on any atom is -0.497 e. The van der Waals surface area contributed by atoms with Gasteiger partial charge in [0, 0.05) is 23.2 Å². The number of esters is 1. The zero-order valence-electron chi connectivity index (χ0n) is 15.5. The van der Waals surface area contributed by atoms with Gasteiger partial charge in [0.1, 0.15) is 16.5 Å². The molecule has 0 bridgehead atoms. The van der Waals surface area contributed by atoms with Crippen molar-refractivity contribution in [3.8, 4) is 16.3 Å². The summed E-state index contributed by atoms with van der Waals surface area (Å²) in [4.78, 5) is 30.9. The number of methoxy groups -OCH3 is 2. The Balaban J connectivity index is 1.57. The van der Waals surface area contributed by atoms with Crippen LogP contribution in [0.15, 0.2) is 47.8 Å². The first-order chi connectivity index (χ1) is 13.6. The number of rotatable bonds is 4. The van der Waals surface area contributed by atoms with Crippen LogP contribution in [0.1, 0.15) is 26.4 Å². The van der Waals surface area contributed by atoms with Gasteiger partial charge in [-0.15, -0.1) is 11.3 Å². The summed E-state index contributed by atoms with van der Waals surface area (Å²) in [6, 6.07) is 12.8. The van der Waals surface area contributed by atoms with Crippen LogP contribution in [0.4, 0.5) is 5.69 Å². The van der Waals surface area contributed by atoms with E-state index in [1.165, 1.54) is 18.4 Å². The molecule has 0 unspecified atom stereocenters. The fraction of sp³-hybridized carbons (Fsp3) is 0.190. The van der Waals surface area contributed by atoms with Crippen molar-refractivity contribution >= 4 is 28.9 Å². The third-order valence-electron chi connectivity index (χ3n) is 4.70. The second-order valence-corrected chi connectivity index (χ2v) is 7.17. The molecule has 4 rings (SSSR count). The molecule has 142 valence electrons. The highest BCUT2D eigenvalue weighted by atomic mass is 32.1. The molecule has 1 aromatic heterocycles. The van der Waals surface area contributed by atoms with Crippen LogP contribution in [-0.2, 0) is 11.2 Å². The molecule has 0 atom stereocenters. The van der Waals surface area contributed by atoms with E-state index in [0.29, 0.717) is 24.2 Å². The molecule has 0 radical (unpaired) electrons. The number of carbonyl (C=O) groups excluding carboxylic acids is 2. The van der Waals surface area contributed by atoms with Crippen LogP contribution >= 0.6 is 11.3 Å². The summed E-state index contributed by atoms with van der Waals surface area (Å²) in [6.07, 6.45) is 0.696. The van der Waals surface area contributed by atoms with E-state index in [1.54, 1.807) is 35.6 Å². The molecule has 1 amide bonds. The number of fused-ring (bicyclic) bond motifs is 1. The smallest absolute Gasteiger partial charge is 0.337 e. The zero-order valence-corrected chi connectivity index (χ0v) is 16.3. The normalized spacial score (nSPS) is 12.6. The molecule has 0 N–H and O–H groups in total. The summed E-state index contributed by atoms with van der Waals surface area (Å²) >= 11 is 1.43. The van der Waals surface area contributed by atoms with E-state index >= 15 is 0 Å². The Morgan fingerprint density at radius 2 is 1.89 bits per heavy atom. The summed E-state index contributed by atoms with van der Waals surface area (Å²) in [5, 5.41) is 2.56. The predicted octanol–water partition coefficient (Wildman–Crippen LogP) is 3.81. The van der Waals surface area contributed by atoms with Crippen molar-refractivity contribution in [3.05, 3.63) is 64.7 Å². The fourth-order valence-electron chi connectivity index (χ4n) is 3.23. The van der Waals surface area contributed by atoms with E-state index in [4.69, 9.17) is 9.47 Å². The number of nitrogens with zero attached hydrogens (tertiary/aromatic N) is 2. The summed E-state index contributed by atoms with van der Waals surface area (Å²) in [6.45, 7) is 0.564. The molecule has 1 aliphatic heterocycles. The number of ether oxygens (including phenoxy) is 2. The van der Waals surface area contributed by atoms with Crippen molar-refractivity contribution < 1.29 is 19.1 Å². The summed E-state index contributed by atoms with van der Waals surface area (Å²) < 4.78 is 9.94. The van der Waals surface area contributed by atoms with Crippen molar-refractivity contribution in [2.24, 2.45) is 0 Å². The highest BCUT2D eigenvalue weighted by Crippen LogP contribution is 2.32. The quantitative estimate of drug-likeness (QED) is 0.630. The summed E-state index contributed by atoms with van der Waals surface area (Å²) in [7, 11) is 2.98. The molecule has 6 nitrogen and oxygen atoms in total. The minimum absolute atomic E-state index is 0.138. The minimum atomic E-state index is -0.379. The lowest BCUT2D eigenvalue weighted by Gasteiger charge is -2.16. The van der Waals surface area contributed by atoms with Gasteiger partial charge in [0.15, 0.2) is 0 Å². The Kier molecular flexibility index (Phi) is 4.83. The van der Waals surface area contributed by atoms with E-state index in [-0.39, 0.29) is 11.9 Å². The standard InChI is InChI=1S/C21H18N2O4S/c1-26-16-6-3-13(4-7-16)19-22-17(12-28-19)20(24)23-10-9-14-11-15(21(25)27-2)5-8-18(14)23/h3-8,11-12H,9-10H2,1-2H3. The lowest BCUT2D eigenvalue weighted by molar-refractivity contribution is 0.0600. The molecular weight excluding hydrogens is 376 g/mol. The van der Waals surface area contributed by atoms with E-state index in [9.17, 15) is 9.59 Å². The van der Waals surface area contributed by atoms with Gasteiger partial charge >= 0.3 is 5.97 Å². The van der Waals surface area contributed by atoms with E-state index < -0.39 is 0 Å². The third-order valence-corrected chi connectivity index (χ3v) is 5.59. The van der Waals surface area contributed by atoms with Crippen LogP contribution in [0.3, 0.4) is 0 Å². The molecule has 1 aliphatic rings. The van der Waals surface area contributed by atoms with Gasteiger partial charge in [0.25, 0.3) is 5.91 Å². The van der Waals surface area contributed by atoms with E-state index in [1.807, 2.05) is 24.3 Å². The number of hydrogen-bond donors (Lipinski definition) is 0. The molecule has 0 spiro atoms. The topological polar surface area (TPSA) is 68.7 Å². The molecule has 3 aromatic rings. The van der Waals surface area contributed by atoms with Gasteiger partial charge < -0.3 is 14.4 Å². The van der Waals surface area contributed by atoms with Gasteiger partial charge in [-0.25, -0.2) is 9.78 Å². The Bertz CT molecular complexity index is 1040. The number of anilines is 1. The Morgan fingerprint density at radius 3 is 2.61 bits per heavy atom. The second-order valence-electron chi connectivity index (χ2n) is 6.31.